The Labute approximate surface area is 121 Å². The van der Waals surface area contributed by atoms with Crippen LogP contribution in [-0.2, 0) is 4.74 Å². The Hall–Kier alpha value is 1.29. The Morgan fingerprint density at radius 1 is 1.27 bits per heavy atom. The zero-order valence-electron chi connectivity index (χ0n) is 7.24. The van der Waals surface area contributed by atoms with E-state index in [9.17, 15) is 0 Å². The zero-order chi connectivity index (χ0) is 11.4. The predicted octanol–water partition coefficient (Wildman–Crippen LogP) is 3.63. The van der Waals surface area contributed by atoms with Crippen LogP contribution in [0.3, 0.4) is 0 Å². The third-order valence-corrected chi connectivity index (χ3v) is 6.16. The second-order valence-electron chi connectivity index (χ2n) is 3.41. The van der Waals surface area contributed by atoms with Gasteiger partial charge < -0.3 is 10.5 Å². The van der Waals surface area contributed by atoms with Crippen molar-refractivity contribution in [2.24, 2.45) is 5.73 Å². The van der Waals surface area contributed by atoms with Gasteiger partial charge in [-0.25, -0.2) is 0 Å². The van der Waals surface area contributed by atoms with Crippen LogP contribution < -0.4 is 5.73 Å². The maximum Gasteiger partial charge on any atom is 0.134 e. The Balaban J connectivity index is 2.39. The molecule has 0 bridgehead atoms. The highest BCUT2D eigenvalue weighted by Gasteiger charge is 2.56. The second kappa shape index (κ2) is 4.19. The van der Waals surface area contributed by atoms with Crippen molar-refractivity contribution < 1.29 is 4.74 Å². The first kappa shape index (κ1) is 12.7. The van der Waals surface area contributed by atoms with E-state index in [0.29, 0.717) is 21.5 Å². The van der Waals surface area contributed by atoms with E-state index in [-0.39, 0.29) is 17.4 Å². The highest BCUT2D eigenvalue weighted by molar-refractivity contribution is 14.1. The van der Waals surface area contributed by atoms with Crippen LogP contribution in [0.5, 0.6) is 0 Å². The van der Waals surface area contributed by atoms with Crippen molar-refractivity contribution in [3.8, 4) is 0 Å². The molecule has 1 aliphatic heterocycles. The summed E-state index contributed by atoms with van der Waals surface area (Å²) in [6.07, 6.45) is 0.0285. The zero-order valence-corrected chi connectivity index (χ0v) is 12.4. The van der Waals surface area contributed by atoms with Crippen LogP contribution in [0, 0.1) is 0 Å². The molecule has 0 aromatic carbocycles. The van der Waals surface area contributed by atoms with Crippen LogP contribution in [0.2, 0.25) is 0 Å². The summed E-state index contributed by atoms with van der Waals surface area (Å²) >= 11 is 26.2. The van der Waals surface area contributed by atoms with Gasteiger partial charge in [0.1, 0.15) is 12.3 Å². The van der Waals surface area contributed by atoms with E-state index in [0.717, 1.165) is 0 Å². The van der Waals surface area contributed by atoms with Gasteiger partial charge in [0.15, 0.2) is 0 Å². The summed E-state index contributed by atoms with van der Waals surface area (Å²) in [5, 5.41) is 1.54. The quantitative estimate of drug-likeness (QED) is 0.415. The molecule has 2 rings (SSSR count). The summed E-state index contributed by atoms with van der Waals surface area (Å²) in [6, 6.07) is 0. The van der Waals surface area contributed by atoms with E-state index >= 15 is 0 Å². The van der Waals surface area contributed by atoms with Gasteiger partial charge in [0.2, 0.25) is 0 Å². The summed E-state index contributed by atoms with van der Waals surface area (Å²) in [5.74, 6) is 0. The van der Waals surface area contributed by atoms with Gasteiger partial charge in [0.05, 0.1) is 18.5 Å². The summed E-state index contributed by atoms with van der Waals surface area (Å²) in [4.78, 5) is 0. The van der Waals surface area contributed by atoms with Gasteiger partial charge in [-0.15, -0.1) is 0 Å². The Morgan fingerprint density at radius 3 is 2.27 bits per heavy atom. The maximum absolute atomic E-state index is 6.16. The fraction of sp³-hybridized carbons (Fsp3) is 0.500. The Bertz CT molecular complexity index is 383. The molecule has 1 aliphatic carbocycles. The van der Waals surface area contributed by atoms with E-state index in [1.807, 2.05) is 0 Å². The number of halogens is 5. The SMILES string of the molecule is NC1OC1C1(I)CC(Cl)=C(Cl)C(Cl)=C1Cl. The van der Waals surface area contributed by atoms with Crippen molar-refractivity contribution in [2.75, 3.05) is 0 Å². The van der Waals surface area contributed by atoms with Crippen molar-refractivity contribution in [3.05, 3.63) is 20.1 Å². The van der Waals surface area contributed by atoms with Gasteiger partial charge in [-0.2, -0.15) is 0 Å². The number of nitrogens with two attached hydrogens (primary N) is 1. The average Bonchev–Trinajstić information content (AvgIpc) is 2.90. The van der Waals surface area contributed by atoms with Crippen molar-refractivity contribution in [1.29, 1.82) is 0 Å². The molecule has 3 unspecified atom stereocenters. The van der Waals surface area contributed by atoms with Crippen molar-refractivity contribution in [1.82, 2.24) is 0 Å². The van der Waals surface area contributed by atoms with E-state index in [2.05, 4.69) is 22.6 Å². The Morgan fingerprint density at radius 2 is 1.80 bits per heavy atom. The minimum atomic E-state index is -0.495. The molecule has 1 fully saturated rings. The predicted molar refractivity (Wildman–Crippen MR) is 71.7 cm³/mol. The van der Waals surface area contributed by atoms with Gasteiger partial charge in [-0.3, -0.25) is 0 Å². The third-order valence-electron chi connectivity index (χ3n) is 2.38. The van der Waals surface area contributed by atoms with Crippen LogP contribution >= 0.6 is 69.0 Å². The molecule has 0 amide bonds. The maximum atomic E-state index is 6.16. The van der Waals surface area contributed by atoms with Crippen molar-refractivity contribution >= 4 is 69.0 Å². The Kier molecular flexibility index (Phi) is 3.56. The minimum Gasteiger partial charge on any atom is -0.352 e. The number of rotatable bonds is 1. The molecule has 0 radical (unpaired) electrons. The number of hydrogen-bond donors (Lipinski definition) is 1. The number of allylic oxidation sites excluding steroid dienone is 3. The van der Waals surface area contributed by atoms with Crippen LogP contribution in [-0.4, -0.2) is 15.8 Å². The topological polar surface area (TPSA) is 38.5 Å². The van der Waals surface area contributed by atoms with Crippen LogP contribution in [0.15, 0.2) is 20.1 Å². The van der Waals surface area contributed by atoms with Crippen LogP contribution in [0.4, 0.5) is 0 Å². The molecule has 0 spiro atoms. The highest BCUT2D eigenvalue weighted by Crippen LogP contribution is 2.54. The first-order valence-corrected chi connectivity index (χ1v) is 6.67. The molecule has 2 N–H and O–H groups in total. The lowest BCUT2D eigenvalue weighted by atomic mass is 9.96. The molecule has 0 aromatic rings. The largest absolute Gasteiger partial charge is 0.352 e. The molecule has 15 heavy (non-hydrogen) atoms. The van der Waals surface area contributed by atoms with E-state index < -0.39 is 3.42 Å². The lowest BCUT2D eigenvalue weighted by molar-refractivity contribution is 0.355. The van der Waals surface area contributed by atoms with E-state index in [1.165, 1.54) is 0 Å². The molecular formula is C8H6Cl4INO. The van der Waals surface area contributed by atoms with Crippen LogP contribution in [0.25, 0.3) is 0 Å². The molecule has 1 saturated heterocycles. The highest BCUT2D eigenvalue weighted by atomic mass is 127. The summed E-state index contributed by atoms with van der Waals surface area (Å²) in [7, 11) is 0. The molecule has 0 saturated carbocycles. The van der Waals surface area contributed by atoms with Crippen molar-refractivity contribution in [3.63, 3.8) is 0 Å². The number of ether oxygens (including phenoxy) is 1. The lowest BCUT2D eigenvalue weighted by Gasteiger charge is -2.30. The average molecular weight is 401 g/mol. The fourth-order valence-electron chi connectivity index (χ4n) is 1.50. The van der Waals surface area contributed by atoms with Crippen LogP contribution in [0.1, 0.15) is 6.42 Å². The number of alkyl halides is 1. The van der Waals surface area contributed by atoms with Crippen molar-refractivity contribution in [2.45, 2.75) is 22.2 Å². The molecule has 2 nitrogen and oxygen atoms in total. The monoisotopic (exact) mass is 399 g/mol. The molecule has 84 valence electrons. The summed E-state index contributed by atoms with van der Waals surface area (Å²) in [6.45, 7) is 0. The smallest absolute Gasteiger partial charge is 0.134 e. The normalized spacial score (nSPS) is 41.2. The van der Waals surface area contributed by atoms with Gasteiger partial charge in [-0.1, -0.05) is 69.0 Å². The minimum absolute atomic E-state index is 0.155. The first-order valence-electron chi connectivity index (χ1n) is 4.08. The summed E-state index contributed by atoms with van der Waals surface area (Å²) < 4.78 is 4.74. The standard InChI is InChI=1S/C8H6Cl4INO/c9-2-1-8(13,6-7(14)15-6)5(12)4(11)3(2)10/h6-7H,1,14H2. The second-order valence-corrected chi connectivity index (χ2v) is 6.92. The number of epoxide rings is 1. The fourth-order valence-corrected chi connectivity index (χ4v) is 4.15. The molecule has 2 aliphatic rings. The molecule has 0 aromatic heterocycles. The molecule has 1 heterocycles. The van der Waals surface area contributed by atoms with Gasteiger partial charge >= 0.3 is 0 Å². The third kappa shape index (κ3) is 2.05. The van der Waals surface area contributed by atoms with E-state index in [4.69, 9.17) is 56.9 Å². The van der Waals surface area contributed by atoms with E-state index in [1.54, 1.807) is 0 Å². The van der Waals surface area contributed by atoms with Gasteiger partial charge in [-0.05, 0) is 0 Å². The van der Waals surface area contributed by atoms with Gasteiger partial charge in [0.25, 0.3) is 0 Å². The molecule has 7 heteroatoms. The summed E-state index contributed by atoms with van der Waals surface area (Å²) in [5.41, 5.74) is 5.63. The lowest BCUT2D eigenvalue weighted by Crippen LogP contribution is -2.34. The first-order chi connectivity index (χ1) is 6.88. The molecule has 3 atom stereocenters. The molecular weight excluding hydrogens is 395 g/mol. The van der Waals surface area contributed by atoms with Gasteiger partial charge in [0, 0.05) is 11.5 Å². The number of hydrogen-bond acceptors (Lipinski definition) is 2.